The number of benzene rings is 2. The Morgan fingerprint density at radius 3 is 2.37 bits per heavy atom. The first-order valence-corrected chi connectivity index (χ1v) is 10.9. The molecule has 30 heavy (non-hydrogen) atoms. The second kappa shape index (κ2) is 13.4. The molecule has 1 atom stereocenters. The first kappa shape index (κ1) is 26.1. The third-order valence-electron chi connectivity index (χ3n) is 3.76. The van der Waals surface area contributed by atoms with Gasteiger partial charge < -0.3 is 15.4 Å². The SMILES string of the molecule is CCNC(=NCC(C)Oc1ccc(F)cc1)NCCNS(=O)(=O)c1ccccc1.I. The zero-order chi connectivity index (χ0) is 21.1. The lowest BCUT2D eigenvalue weighted by atomic mass is 10.3. The first-order chi connectivity index (χ1) is 13.9. The molecule has 2 aromatic rings. The number of halogens is 2. The van der Waals surface area contributed by atoms with Gasteiger partial charge in [-0.2, -0.15) is 0 Å². The molecular formula is C20H28FIN4O3S. The molecule has 0 heterocycles. The van der Waals surface area contributed by atoms with E-state index in [1.807, 2.05) is 13.8 Å². The predicted molar refractivity (Wildman–Crippen MR) is 128 cm³/mol. The highest BCUT2D eigenvalue weighted by Gasteiger charge is 2.12. The molecule has 10 heteroatoms. The van der Waals surface area contributed by atoms with Gasteiger partial charge in [-0.1, -0.05) is 18.2 Å². The molecule has 0 bridgehead atoms. The summed E-state index contributed by atoms with van der Waals surface area (Å²) in [5.41, 5.74) is 0. The molecule has 0 radical (unpaired) electrons. The summed E-state index contributed by atoms with van der Waals surface area (Å²) in [6.07, 6.45) is -0.215. The van der Waals surface area contributed by atoms with Crippen molar-refractivity contribution in [3.8, 4) is 5.75 Å². The molecular weight excluding hydrogens is 522 g/mol. The molecule has 0 fully saturated rings. The van der Waals surface area contributed by atoms with E-state index in [1.165, 1.54) is 12.1 Å². The van der Waals surface area contributed by atoms with Crippen molar-refractivity contribution in [3.63, 3.8) is 0 Å². The highest BCUT2D eigenvalue weighted by atomic mass is 127. The first-order valence-electron chi connectivity index (χ1n) is 9.40. The van der Waals surface area contributed by atoms with Crippen LogP contribution in [0.1, 0.15) is 13.8 Å². The van der Waals surface area contributed by atoms with Crippen LogP contribution in [0.25, 0.3) is 0 Å². The second-order valence-corrected chi connectivity index (χ2v) is 8.01. The van der Waals surface area contributed by atoms with Gasteiger partial charge in [0.1, 0.15) is 17.7 Å². The van der Waals surface area contributed by atoms with Crippen LogP contribution in [0.15, 0.2) is 64.5 Å². The molecule has 0 aromatic heterocycles. The van der Waals surface area contributed by atoms with Crippen molar-refractivity contribution in [2.45, 2.75) is 24.8 Å². The van der Waals surface area contributed by atoms with Crippen molar-refractivity contribution >= 4 is 40.0 Å². The minimum absolute atomic E-state index is 0. The smallest absolute Gasteiger partial charge is 0.240 e. The standard InChI is InChI=1S/C20H27FN4O3S.HI/c1-3-22-20(24-15-16(2)28-18-11-9-17(21)10-12-18)23-13-14-25-29(26,27)19-7-5-4-6-8-19;/h4-12,16,25H,3,13-15H2,1-2H3,(H2,22,23,24);1H. The van der Waals surface area contributed by atoms with E-state index in [2.05, 4.69) is 20.3 Å². The summed E-state index contributed by atoms with van der Waals surface area (Å²) in [5.74, 6) is 0.813. The van der Waals surface area contributed by atoms with Crippen LogP contribution in [0.4, 0.5) is 4.39 Å². The zero-order valence-electron chi connectivity index (χ0n) is 17.0. The van der Waals surface area contributed by atoms with Gasteiger partial charge in [0.05, 0.1) is 11.4 Å². The van der Waals surface area contributed by atoms with E-state index in [0.29, 0.717) is 31.3 Å². The summed E-state index contributed by atoms with van der Waals surface area (Å²) in [4.78, 5) is 4.67. The Balaban J connectivity index is 0.00000450. The maximum absolute atomic E-state index is 12.9. The van der Waals surface area contributed by atoms with Gasteiger partial charge in [-0.3, -0.25) is 0 Å². The Morgan fingerprint density at radius 1 is 1.07 bits per heavy atom. The number of hydrogen-bond donors (Lipinski definition) is 3. The van der Waals surface area contributed by atoms with Crippen molar-refractivity contribution in [2.24, 2.45) is 4.99 Å². The van der Waals surface area contributed by atoms with E-state index in [9.17, 15) is 12.8 Å². The number of aliphatic imine (C=N–C) groups is 1. The fourth-order valence-corrected chi connectivity index (χ4v) is 3.45. The highest BCUT2D eigenvalue weighted by molar-refractivity contribution is 14.0. The van der Waals surface area contributed by atoms with E-state index >= 15 is 0 Å². The molecule has 0 aliphatic heterocycles. The summed E-state index contributed by atoms with van der Waals surface area (Å²) in [7, 11) is -3.53. The molecule has 0 saturated heterocycles. The average Bonchev–Trinajstić information content (AvgIpc) is 2.71. The number of hydrogen-bond acceptors (Lipinski definition) is 4. The van der Waals surface area contributed by atoms with Gasteiger partial charge in [0.2, 0.25) is 10.0 Å². The van der Waals surface area contributed by atoms with Gasteiger partial charge in [-0.05, 0) is 50.2 Å². The van der Waals surface area contributed by atoms with Crippen molar-refractivity contribution in [3.05, 3.63) is 60.4 Å². The van der Waals surface area contributed by atoms with Gasteiger partial charge in [0.25, 0.3) is 0 Å². The molecule has 0 saturated carbocycles. The van der Waals surface area contributed by atoms with Crippen LogP contribution in [-0.2, 0) is 10.0 Å². The summed E-state index contributed by atoms with van der Waals surface area (Å²) in [6.45, 7) is 5.42. The van der Waals surface area contributed by atoms with Crippen LogP contribution in [0.5, 0.6) is 5.75 Å². The summed E-state index contributed by atoms with van der Waals surface area (Å²) in [5, 5.41) is 6.17. The van der Waals surface area contributed by atoms with E-state index in [-0.39, 0.29) is 47.3 Å². The molecule has 0 aliphatic rings. The fraction of sp³-hybridized carbons (Fsp3) is 0.350. The Bertz CT molecular complexity index is 881. The van der Waals surface area contributed by atoms with Crippen molar-refractivity contribution in [1.82, 2.24) is 15.4 Å². The molecule has 1 unspecified atom stereocenters. The number of nitrogens with one attached hydrogen (secondary N) is 3. The maximum atomic E-state index is 12.9. The van der Waals surface area contributed by atoms with Gasteiger partial charge >= 0.3 is 0 Å². The minimum atomic E-state index is -3.53. The van der Waals surface area contributed by atoms with Crippen LogP contribution in [-0.4, -0.2) is 46.7 Å². The monoisotopic (exact) mass is 550 g/mol. The predicted octanol–water partition coefficient (Wildman–Crippen LogP) is 2.74. The number of guanidine groups is 1. The quantitative estimate of drug-likeness (QED) is 0.183. The highest BCUT2D eigenvalue weighted by Crippen LogP contribution is 2.13. The topological polar surface area (TPSA) is 91.8 Å². The van der Waals surface area contributed by atoms with Crippen LogP contribution >= 0.6 is 24.0 Å². The van der Waals surface area contributed by atoms with Crippen LogP contribution in [0.2, 0.25) is 0 Å². The van der Waals surface area contributed by atoms with Crippen molar-refractivity contribution < 1.29 is 17.5 Å². The van der Waals surface area contributed by atoms with Crippen LogP contribution < -0.4 is 20.1 Å². The van der Waals surface area contributed by atoms with E-state index in [4.69, 9.17) is 4.74 Å². The lowest BCUT2D eigenvalue weighted by Gasteiger charge is -2.15. The second-order valence-electron chi connectivity index (χ2n) is 6.24. The average molecular weight is 550 g/mol. The number of sulfonamides is 1. The lowest BCUT2D eigenvalue weighted by Crippen LogP contribution is -2.42. The molecule has 0 aliphatic carbocycles. The number of rotatable bonds is 10. The molecule has 2 rings (SSSR count). The van der Waals surface area contributed by atoms with E-state index < -0.39 is 10.0 Å². The Hall–Kier alpha value is -1.92. The Labute approximate surface area is 194 Å². The third kappa shape index (κ3) is 9.26. The molecule has 0 amide bonds. The van der Waals surface area contributed by atoms with Gasteiger partial charge in [0, 0.05) is 19.6 Å². The van der Waals surface area contributed by atoms with Crippen molar-refractivity contribution in [1.29, 1.82) is 0 Å². The molecule has 166 valence electrons. The zero-order valence-corrected chi connectivity index (χ0v) is 20.1. The minimum Gasteiger partial charge on any atom is -0.489 e. The summed E-state index contributed by atoms with van der Waals surface area (Å²) in [6, 6.07) is 14.0. The van der Waals surface area contributed by atoms with Crippen LogP contribution in [0.3, 0.4) is 0 Å². The number of ether oxygens (including phenoxy) is 1. The normalized spacial score (nSPS) is 12.6. The summed E-state index contributed by atoms with van der Waals surface area (Å²) >= 11 is 0. The maximum Gasteiger partial charge on any atom is 0.240 e. The fourth-order valence-electron chi connectivity index (χ4n) is 2.39. The van der Waals surface area contributed by atoms with Crippen molar-refractivity contribution in [2.75, 3.05) is 26.2 Å². The van der Waals surface area contributed by atoms with Gasteiger partial charge in [-0.25, -0.2) is 22.5 Å². The molecule has 2 aromatic carbocycles. The molecule has 7 nitrogen and oxygen atoms in total. The van der Waals surface area contributed by atoms with Gasteiger partial charge in [0.15, 0.2) is 5.96 Å². The Kier molecular flexibility index (Phi) is 11.7. The third-order valence-corrected chi connectivity index (χ3v) is 5.24. The largest absolute Gasteiger partial charge is 0.489 e. The van der Waals surface area contributed by atoms with E-state index in [1.54, 1.807) is 42.5 Å². The lowest BCUT2D eigenvalue weighted by molar-refractivity contribution is 0.230. The molecule has 3 N–H and O–H groups in total. The number of nitrogens with zero attached hydrogens (tertiary/aromatic N) is 1. The van der Waals surface area contributed by atoms with Gasteiger partial charge in [-0.15, -0.1) is 24.0 Å². The van der Waals surface area contributed by atoms with E-state index in [0.717, 1.165) is 0 Å². The van der Waals surface area contributed by atoms with Crippen LogP contribution in [0, 0.1) is 5.82 Å². The molecule has 0 spiro atoms. The summed E-state index contributed by atoms with van der Waals surface area (Å²) < 4.78 is 45.6. The Morgan fingerprint density at radius 2 is 1.73 bits per heavy atom.